The van der Waals surface area contributed by atoms with Crippen molar-refractivity contribution in [2.24, 2.45) is 0 Å². The number of rotatable bonds is 4. The minimum absolute atomic E-state index is 0.912. The molecule has 1 aromatic rings. The number of halogens is 1. The second-order valence-corrected chi connectivity index (χ2v) is 3.77. The molecular formula is C12H13Br. The standard InChI is InChI=1S/C12H13Br/c1-3-5-10-7-8-11(6-4-2)12(13)9-10/h3-4,7-9H,1-2,5-6H2. The highest BCUT2D eigenvalue weighted by Gasteiger charge is 1.98. The van der Waals surface area contributed by atoms with E-state index in [1.807, 2.05) is 12.2 Å². The zero-order valence-corrected chi connectivity index (χ0v) is 9.18. The second-order valence-electron chi connectivity index (χ2n) is 2.91. The predicted octanol–water partition coefficient (Wildman–Crippen LogP) is 3.91. The van der Waals surface area contributed by atoms with Gasteiger partial charge in [0, 0.05) is 4.47 Å². The third-order valence-electron chi connectivity index (χ3n) is 1.86. The van der Waals surface area contributed by atoms with Crippen LogP contribution in [0.2, 0.25) is 0 Å². The van der Waals surface area contributed by atoms with Crippen LogP contribution in [-0.4, -0.2) is 0 Å². The molecule has 1 heteroatoms. The van der Waals surface area contributed by atoms with Crippen LogP contribution in [0.4, 0.5) is 0 Å². The lowest BCUT2D eigenvalue weighted by Crippen LogP contribution is -1.86. The Morgan fingerprint density at radius 3 is 2.38 bits per heavy atom. The van der Waals surface area contributed by atoms with Crippen molar-refractivity contribution in [2.45, 2.75) is 12.8 Å². The predicted molar refractivity (Wildman–Crippen MR) is 61.9 cm³/mol. The van der Waals surface area contributed by atoms with Crippen molar-refractivity contribution in [3.63, 3.8) is 0 Å². The van der Waals surface area contributed by atoms with Crippen LogP contribution in [0, 0.1) is 0 Å². The topological polar surface area (TPSA) is 0 Å². The van der Waals surface area contributed by atoms with Gasteiger partial charge in [-0.2, -0.15) is 0 Å². The molecule has 0 bridgehead atoms. The van der Waals surface area contributed by atoms with E-state index in [0.29, 0.717) is 0 Å². The fourth-order valence-electron chi connectivity index (χ4n) is 1.21. The first-order valence-electron chi connectivity index (χ1n) is 4.27. The van der Waals surface area contributed by atoms with Gasteiger partial charge in [0.05, 0.1) is 0 Å². The van der Waals surface area contributed by atoms with Crippen LogP contribution < -0.4 is 0 Å². The summed E-state index contributed by atoms with van der Waals surface area (Å²) in [6.45, 7) is 7.43. The first kappa shape index (κ1) is 10.3. The SMILES string of the molecule is C=CCc1ccc(CC=C)c(Br)c1. The van der Waals surface area contributed by atoms with E-state index >= 15 is 0 Å². The van der Waals surface area contributed by atoms with Gasteiger partial charge in [-0.1, -0.05) is 40.2 Å². The maximum absolute atomic E-state index is 3.72. The van der Waals surface area contributed by atoms with Crippen molar-refractivity contribution < 1.29 is 0 Å². The molecule has 0 saturated carbocycles. The molecule has 0 amide bonds. The zero-order valence-electron chi connectivity index (χ0n) is 7.59. The molecule has 0 saturated heterocycles. The number of benzene rings is 1. The molecule has 0 aliphatic rings. The molecule has 0 fully saturated rings. The van der Waals surface area contributed by atoms with E-state index in [1.54, 1.807) is 0 Å². The van der Waals surface area contributed by atoms with Gasteiger partial charge in [0.25, 0.3) is 0 Å². The van der Waals surface area contributed by atoms with Crippen molar-refractivity contribution in [2.75, 3.05) is 0 Å². The Hall–Kier alpha value is -0.820. The van der Waals surface area contributed by atoms with E-state index in [2.05, 4.69) is 47.3 Å². The third kappa shape index (κ3) is 2.85. The van der Waals surface area contributed by atoms with E-state index in [9.17, 15) is 0 Å². The fraction of sp³-hybridized carbons (Fsp3) is 0.167. The fourth-order valence-corrected chi connectivity index (χ4v) is 1.79. The molecule has 0 unspecified atom stereocenters. The molecule has 0 aliphatic carbocycles. The summed E-state index contributed by atoms with van der Waals surface area (Å²) in [7, 11) is 0. The Labute approximate surface area is 88.1 Å². The Kier molecular flexibility index (Phi) is 3.97. The van der Waals surface area contributed by atoms with Gasteiger partial charge in [-0.3, -0.25) is 0 Å². The highest BCUT2D eigenvalue weighted by atomic mass is 79.9. The monoisotopic (exact) mass is 236 g/mol. The van der Waals surface area contributed by atoms with Gasteiger partial charge in [-0.25, -0.2) is 0 Å². The maximum atomic E-state index is 3.72. The van der Waals surface area contributed by atoms with Crippen molar-refractivity contribution in [3.8, 4) is 0 Å². The Balaban J connectivity index is 2.90. The highest BCUT2D eigenvalue weighted by molar-refractivity contribution is 9.10. The summed E-state index contributed by atoms with van der Waals surface area (Å²) in [4.78, 5) is 0. The third-order valence-corrected chi connectivity index (χ3v) is 2.60. The van der Waals surface area contributed by atoms with E-state index in [1.165, 1.54) is 11.1 Å². The van der Waals surface area contributed by atoms with Crippen LogP contribution in [0.1, 0.15) is 11.1 Å². The van der Waals surface area contributed by atoms with Crippen molar-refractivity contribution >= 4 is 15.9 Å². The minimum Gasteiger partial charge on any atom is -0.103 e. The molecule has 0 nitrogen and oxygen atoms in total. The molecule has 0 aliphatic heterocycles. The van der Waals surface area contributed by atoms with Crippen molar-refractivity contribution in [3.05, 3.63) is 59.1 Å². The van der Waals surface area contributed by atoms with Crippen LogP contribution in [0.15, 0.2) is 48.0 Å². The molecule has 0 aromatic heterocycles. The summed E-state index contributed by atoms with van der Waals surface area (Å²) < 4.78 is 1.16. The molecule has 0 heterocycles. The van der Waals surface area contributed by atoms with Crippen LogP contribution in [0.5, 0.6) is 0 Å². The van der Waals surface area contributed by atoms with Crippen LogP contribution in [-0.2, 0) is 12.8 Å². The molecule has 1 aromatic carbocycles. The van der Waals surface area contributed by atoms with E-state index in [4.69, 9.17) is 0 Å². The molecule has 0 radical (unpaired) electrons. The lowest BCUT2D eigenvalue weighted by atomic mass is 10.1. The summed E-state index contributed by atoms with van der Waals surface area (Å²) in [5.41, 5.74) is 2.57. The van der Waals surface area contributed by atoms with Gasteiger partial charge in [0.15, 0.2) is 0 Å². The van der Waals surface area contributed by atoms with E-state index in [0.717, 1.165) is 17.3 Å². The summed E-state index contributed by atoms with van der Waals surface area (Å²) in [6, 6.07) is 6.40. The number of allylic oxidation sites excluding steroid dienone is 2. The largest absolute Gasteiger partial charge is 0.103 e. The van der Waals surface area contributed by atoms with E-state index < -0.39 is 0 Å². The normalized spacial score (nSPS) is 9.62. The van der Waals surface area contributed by atoms with Gasteiger partial charge >= 0.3 is 0 Å². The summed E-state index contributed by atoms with van der Waals surface area (Å²) in [6.07, 6.45) is 5.66. The summed E-state index contributed by atoms with van der Waals surface area (Å²) in [5.74, 6) is 0. The van der Waals surface area contributed by atoms with Crippen molar-refractivity contribution in [1.82, 2.24) is 0 Å². The number of hydrogen-bond acceptors (Lipinski definition) is 0. The van der Waals surface area contributed by atoms with Crippen LogP contribution in [0.3, 0.4) is 0 Å². The molecule has 13 heavy (non-hydrogen) atoms. The van der Waals surface area contributed by atoms with E-state index in [-0.39, 0.29) is 0 Å². The first-order valence-corrected chi connectivity index (χ1v) is 5.06. The molecule has 68 valence electrons. The average molecular weight is 237 g/mol. The first-order chi connectivity index (χ1) is 6.27. The molecule has 0 spiro atoms. The maximum Gasteiger partial charge on any atom is 0.0213 e. The lowest BCUT2D eigenvalue weighted by Gasteiger charge is -2.03. The Bertz CT molecular complexity index is 313. The molecule has 1 rings (SSSR count). The van der Waals surface area contributed by atoms with Crippen LogP contribution in [0.25, 0.3) is 0 Å². The van der Waals surface area contributed by atoms with Gasteiger partial charge in [0.1, 0.15) is 0 Å². The second kappa shape index (κ2) is 5.03. The lowest BCUT2D eigenvalue weighted by molar-refractivity contribution is 1.20. The minimum atomic E-state index is 0.912. The molecular weight excluding hydrogens is 224 g/mol. The van der Waals surface area contributed by atoms with Gasteiger partial charge in [-0.05, 0) is 30.0 Å². The average Bonchev–Trinajstić information content (AvgIpc) is 2.10. The molecule has 0 atom stereocenters. The Morgan fingerprint density at radius 2 is 1.85 bits per heavy atom. The summed E-state index contributed by atoms with van der Waals surface area (Å²) >= 11 is 3.54. The smallest absolute Gasteiger partial charge is 0.0213 e. The quantitative estimate of drug-likeness (QED) is 0.696. The van der Waals surface area contributed by atoms with Crippen molar-refractivity contribution in [1.29, 1.82) is 0 Å². The Morgan fingerprint density at radius 1 is 1.15 bits per heavy atom. The van der Waals surface area contributed by atoms with Crippen LogP contribution >= 0.6 is 15.9 Å². The number of hydrogen-bond donors (Lipinski definition) is 0. The zero-order chi connectivity index (χ0) is 9.68. The van der Waals surface area contributed by atoms with Gasteiger partial charge < -0.3 is 0 Å². The highest BCUT2D eigenvalue weighted by Crippen LogP contribution is 2.19. The van der Waals surface area contributed by atoms with Gasteiger partial charge in [-0.15, -0.1) is 13.2 Å². The van der Waals surface area contributed by atoms with Gasteiger partial charge in [0.2, 0.25) is 0 Å². The molecule has 0 N–H and O–H groups in total. The summed E-state index contributed by atoms with van der Waals surface area (Å²) in [5, 5.41) is 0.